The fourth-order valence-electron chi connectivity index (χ4n) is 7.64. The predicted octanol–water partition coefficient (Wildman–Crippen LogP) is 5.58. The Hall–Kier alpha value is -0.980. The van der Waals surface area contributed by atoms with Crippen LogP contribution in [-0.2, 0) is 5.41 Å². The Morgan fingerprint density at radius 1 is 0.955 bits per heavy atom. The summed E-state index contributed by atoms with van der Waals surface area (Å²) in [5.41, 5.74) is 4.07. The lowest BCUT2D eigenvalue weighted by molar-refractivity contribution is -0.103. The first kappa shape index (κ1) is 14.6. The summed E-state index contributed by atoms with van der Waals surface area (Å²) >= 11 is 0. The van der Waals surface area contributed by atoms with Gasteiger partial charge in [-0.15, -0.1) is 0 Å². The van der Waals surface area contributed by atoms with Gasteiger partial charge in [0, 0.05) is 5.56 Å². The number of phenolic OH excluding ortho intramolecular Hbond substituents is 1. The van der Waals surface area contributed by atoms with E-state index in [0.717, 1.165) is 5.92 Å². The number of phenols is 1. The van der Waals surface area contributed by atoms with Gasteiger partial charge in [-0.05, 0) is 72.7 Å². The number of hydrogen-bond donors (Lipinski definition) is 1. The lowest BCUT2D eigenvalue weighted by Gasteiger charge is -2.61. The first-order valence-corrected chi connectivity index (χ1v) is 8.88. The van der Waals surface area contributed by atoms with E-state index in [4.69, 9.17) is 0 Å². The monoisotopic (exact) mass is 298 g/mol. The Labute approximate surface area is 135 Å². The highest BCUT2D eigenvalue weighted by Gasteiger charge is 2.68. The third-order valence-corrected chi connectivity index (χ3v) is 7.43. The fraction of sp³-hybridized carbons (Fsp3) is 0.714. The van der Waals surface area contributed by atoms with Gasteiger partial charge in [0.25, 0.3) is 0 Å². The molecule has 1 N–H and O–H groups in total. The van der Waals surface area contributed by atoms with E-state index in [1.165, 1.54) is 43.2 Å². The molecule has 3 aliphatic carbocycles. The van der Waals surface area contributed by atoms with Crippen molar-refractivity contribution in [3.63, 3.8) is 0 Å². The van der Waals surface area contributed by atoms with Gasteiger partial charge in [-0.3, -0.25) is 0 Å². The average molecular weight is 298 g/mol. The molecule has 0 aliphatic heterocycles. The second kappa shape index (κ2) is 3.91. The maximum Gasteiger partial charge on any atom is 0.119 e. The zero-order valence-corrected chi connectivity index (χ0v) is 14.8. The number of fused-ring (bicyclic) bond motifs is 1. The molecule has 0 amide bonds. The van der Waals surface area contributed by atoms with Crippen molar-refractivity contribution in [3.05, 3.63) is 29.3 Å². The molecule has 120 valence electrons. The Morgan fingerprint density at radius 2 is 1.64 bits per heavy atom. The summed E-state index contributed by atoms with van der Waals surface area (Å²) in [6, 6.07) is 6.16. The van der Waals surface area contributed by atoms with E-state index in [9.17, 15) is 5.11 Å². The van der Waals surface area contributed by atoms with Crippen LogP contribution in [0.15, 0.2) is 18.2 Å². The van der Waals surface area contributed by atoms with Crippen LogP contribution in [0.1, 0.15) is 70.9 Å². The van der Waals surface area contributed by atoms with E-state index in [1.807, 2.05) is 12.1 Å². The van der Waals surface area contributed by atoms with E-state index < -0.39 is 0 Å². The van der Waals surface area contributed by atoms with Gasteiger partial charge in [0.1, 0.15) is 5.75 Å². The van der Waals surface area contributed by atoms with Crippen LogP contribution in [0.3, 0.4) is 0 Å². The topological polar surface area (TPSA) is 20.2 Å². The lowest BCUT2D eigenvalue weighted by atomic mass is 9.44. The normalized spacial score (nSPS) is 49.6. The van der Waals surface area contributed by atoms with E-state index in [-0.39, 0.29) is 5.41 Å². The van der Waals surface area contributed by atoms with Gasteiger partial charge in [-0.2, -0.15) is 0 Å². The van der Waals surface area contributed by atoms with E-state index in [0.29, 0.717) is 22.0 Å². The predicted molar refractivity (Wildman–Crippen MR) is 91.1 cm³/mol. The molecule has 22 heavy (non-hydrogen) atoms. The van der Waals surface area contributed by atoms with Crippen molar-refractivity contribution in [1.29, 1.82) is 0 Å². The summed E-state index contributed by atoms with van der Waals surface area (Å²) in [6.45, 7) is 12.1. The first-order valence-electron chi connectivity index (χ1n) is 8.88. The number of benzene rings is 1. The third kappa shape index (κ3) is 1.77. The molecule has 1 aromatic rings. The third-order valence-electron chi connectivity index (χ3n) is 7.43. The van der Waals surface area contributed by atoms with Gasteiger partial charge in [-0.25, -0.2) is 0 Å². The number of aromatic hydroxyl groups is 1. The highest BCUT2D eigenvalue weighted by molar-refractivity contribution is 5.42. The van der Waals surface area contributed by atoms with Crippen LogP contribution in [0.2, 0.25) is 0 Å². The molecule has 0 spiro atoms. The smallest absolute Gasteiger partial charge is 0.119 e. The van der Waals surface area contributed by atoms with Crippen molar-refractivity contribution in [2.75, 3.05) is 0 Å². The molecule has 3 aliphatic rings. The molecular weight excluding hydrogens is 268 g/mol. The largest absolute Gasteiger partial charge is 0.508 e. The summed E-state index contributed by atoms with van der Waals surface area (Å²) in [5.74, 6) is 1.39. The molecule has 5 atom stereocenters. The first-order chi connectivity index (χ1) is 10.1. The Balaban J connectivity index is 1.82. The second-order valence-corrected chi connectivity index (χ2v) is 10.2. The molecule has 3 fully saturated rings. The van der Waals surface area contributed by atoms with Crippen molar-refractivity contribution < 1.29 is 5.11 Å². The molecular formula is C21H30O. The van der Waals surface area contributed by atoms with Crippen molar-refractivity contribution in [3.8, 4) is 5.75 Å². The fourth-order valence-corrected chi connectivity index (χ4v) is 7.64. The molecule has 1 nitrogen and oxygen atoms in total. The summed E-state index contributed by atoms with van der Waals surface area (Å²) in [4.78, 5) is 0. The quantitative estimate of drug-likeness (QED) is 0.717. The van der Waals surface area contributed by atoms with E-state index in [1.54, 1.807) is 0 Å². The van der Waals surface area contributed by atoms with Crippen LogP contribution in [-0.4, -0.2) is 5.11 Å². The zero-order chi connectivity index (χ0) is 16.0. The van der Waals surface area contributed by atoms with Gasteiger partial charge in [-0.1, -0.05) is 45.4 Å². The second-order valence-electron chi connectivity index (χ2n) is 10.2. The molecule has 0 radical (unpaired) electrons. The Morgan fingerprint density at radius 3 is 2.36 bits per heavy atom. The van der Waals surface area contributed by atoms with Crippen molar-refractivity contribution in [1.82, 2.24) is 0 Å². The van der Waals surface area contributed by atoms with Crippen LogP contribution in [0.4, 0.5) is 0 Å². The zero-order valence-electron chi connectivity index (χ0n) is 14.8. The molecule has 1 heteroatoms. The number of rotatable bonds is 1. The summed E-state index contributed by atoms with van der Waals surface area (Å²) in [5, 5.41) is 10.5. The highest BCUT2D eigenvalue weighted by atomic mass is 16.3. The van der Waals surface area contributed by atoms with E-state index >= 15 is 0 Å². The minimum Gasteiger partial charge on any atom is -0.508 e. The van der Waals surface area contributed by atoms with Crippen molar-refractivity contribution >= 4 is 0 Å². The lowest BCUT2D eigenvalue weighted by Crippen LogP contribution is -2.53. The molecule has 0 aromatic heterocycles. The van der Waals surface area contributed by atoms with Crippen molar-refractivity contribution in [2.24, 2.45) is 22.2 Å². The van der Waals surface area contributed by atoms with Crippen LogP contribution in [0, 0.1) is 29.1 Å². The van der Waals surface area contributed by atoms with Gasteiger partial charge in [0.2, 0.25) is 0 Å². The Kier molecular flexibility index (Phi) is 2.60. The molecule has 3 saturated carbocycles. The number of aryl methyl sites for hydroxylation is 1. The minimum atomic E-state index is 0.107. The SMILES string of the molecule is Cc1ccc(O)c(C2(C)CC3(C)CC4C(C)(C3)CC4(C)C2)c1. The molecule has 0 saturated heterocycles. The number of hydrogen-bond acceptors (Lipinski definition) is 1. The minimum absolute atomic E-state index is 0.107. The molecule has 4 rings (SSSR count). The maximum absolute atomic E-state index is 10.5. The standard InChI is InChI=1S/C21H30O/c1-14-6-7-16(22)15(8-14)19(3)10-18(2)9-17-20(4,11-18)13-21(17,5)12-19/h6-8,17,22H,9-13H2,1-5H3. The van der Waals surface area contributed by atoms with Crippen LogP contribution in [0.25, 0.3) is 0 Å². The molecule has 1 aromatic carbocycles. The van der Waals surface area contributed by atoms with Crippen LogP contribution >= 0.6 is 0 Å². The summed E-state index contributed by atoms with van der Waals surface area (Å²) in [7, 11) is 0. The van der Waals surface area contributed by atoms with E-state index in [2.05, 4.69) is 40.7 Å². The molecule has 5 unspecified atom stereocenters. The maximum atomic E-state index is 10.5. The van der Waals surface area contributed by atoms with Gasteiger partial charge in [0.05, 0.1) is 0 Å². The van der Waals surface area contributed by atoms with Crippen LogP contribution < -0.4 is 0 Å². The molecule has 2 bridgehead atoms. The summed E-state index contributed by atoms with van der Waals surface area (Å²) < 4.78 is 0. The summed E-state index contributed by atoms with van der Waals surface area (Å²) in [6.07, 6.45) is 6.60. The van der Waals surface area contributed by atoms with Gasteiger partial charge < -0.3 is 5.11 Å². The van der Waals surface area contributed by atoms with Gasteiger partial charge in [0.15, 0.2) is 0 Å². The van der Waals surface area contributed by atoms with Gasteiger partial charge >= 0.3 is 0 Å². The Bertz CT molecular complexity index is 641. The molecule has 0 heterocycles. The van der Waals surface area contributed by atoms with Crippen molar-refractivity contribution in [2.45, 2.75) is 72.1 Å². The highest BCUT2D eigenvalue weighted by Crippen LogP contribution is 2.77. The van der Waals surface area contributed by atoms with Crippen LogP contribution in [0.5, 0.6) is 5.75 Å². The average Bonchev–Trinajstić information content (AvgIpc) is 2.54.